The van der Waals surface area contributed by atoms with E-state index in [-0.39, 0.29) is 18.2 Å². The van der Waals surface area contributed by atoms with Crippen molar-refractivity contribution in [2.45, 2.75) is 6.61 Å². The molecule has 118 valence electrons. The highest BCUT2D eigenvalue weighted by atomic mass is 16.5. The van der Waals surface area contributed by atoms with Crippen LogP contribution in [0, 0.1) is 0 Å². The first-order chi connectivity index (χ1) is 11.1. The molecule has 7 nitrogen and oxygen atoms in total. The van der Waals surface area contributed by atoms with Gasteiger partial charge in [-0.2, -0.15) is 0 Å². The number of fused-ring (bicyclic) bond motifs is 1. The number of methoxy groups -OCH3 is 1. The molecule has 0 amide bonds. The van der Waals surface area contributed by atoms with E-state index in [1.807, 2.05) is 0 Å². The third-order valence-corrected chi connectivity index (χ3v) is 3.32. The first-order valence-electron chi connectivity index (χ1n) is 6.79. The topological polar surface area (TPSA) is 93.3 Å². The molecule has 0 unspecified atom stereocenters. The van der Waals surface area contributed by atoms with Crippen molar-refractivity contribution in [3.8, 4) is 17.4 Å². The van der Waals surface area contributed by atoms with Gasteiger partial charge in [0.1, 0.15) is 18.1 Å². The zero-order chi connectivity index (χ0) is 16.4. The van der Waals surface area contributed by atoms with Crippen LogP contribution in [0.15, 0.2) is 42.5 Å². The van der Waals surface area contributed by atoms with Crippen LogP contribution in [0.5, 0.6) is 17.4 Å². The molecule has 23 heavy (non-hydrogen) atoms. The van der Waals surface area contributed by atoms with Crippen LogP contribution in [-0.4, -0.2) is 32.7 Å². The molecule has 3 rings (SSSR count). The van der Waals surface area contributed by atoms with Crippen LogP contribution in [0.2, 0.25) is 0 Å². The smallest absolute Gasteiger partial charge is 0.356 e. The van der Waals surface area contributed by atoms with Crippen LogP contribution in [-0.2, 0) is 6.61 Å². The zero-order valence-corrected chi connectivity index (χ0v) is 12.3. The van der Waals surface area contributed by atoms with E-state index in [9.17, 15) is 15.0 Å². The number of hydrogen-bond acceptors (Lipinski definition) is 5. The number of carboxylic acids is 1. The number of hydrogen-bond donors (Lipinski definition) is 2. The Kier molecular flexibility index (Phi) is 3.76. The summed E-state index contributed by atoms with van der Waals surface area (Å²) in [5, 5.41) is 19.2. The number of aromatic hydroxyl groups is 1. The Bertz CT molecular complexity index is 872. The normalized spacial score (nSPS) is 10.7. The Balaban J connectivity index is 1.95. The van der Waals surface area contributed by atoms with Gasteiger partial charge in [0.05, 0.1) is 12.6 Å². The Morgan fingerprint density at radius 2 is 1.96 bits per heavy atom. The van der Waals surface area contributed by atoms with Gasteiger partial charge in [-0.15, -0.1) is 0 Å². The van der Waals surface area contributed by atoms with Crippen molar-refractivity contribution in [2.75, 3.05) is 7.11 Å². The molecule has 2 N–H and O–H groups in total. The van der Waals surface area contributed by atoms with Crippen LogP contribution in [0.25, 0.3) is 5.52 Å². The van der Waals surface area contributed by atoms with Gasteiger partial charge in [-0.25, -0.2) is 9.78 Å². The maximum atomic E-state index is 11.3. The number of imidazole rings is 1. The molecule has 0 saturated carbocycles. The molecule has 0 spiro atoms. The highest BCUT2D eigenvalue weighted by Gasteiger charge is 2.18. The molecule has 2 aromatic heterocycles. The summed E-state index contributed by atoms with van der Waals surface area (Å²) in [6.45, 7) is -0.000806. The molecule has 0 aliphatic carbocycles. The SMILES string of the molecule is COc1cccc(OCc2nc(C(=O)O)c3cccc(O)n23)c1. The molecule has 0 aliphatic heterocycles. The Morgan fingerprint density at radius 1 is 1.22 bits per heavy atom. The largest absolute Gasteiger partial charge is 0.497 e. The van der Waals surface area contributed by atoms with Gasteiger partial charge in [-0.05, 0) is 24.3 Å². The van der Waals surface area contributed by atoms with Gasteiger partial charge in [-0.1, -0.05) is 12.1 Å². The number of carboxylic acid groups (broad SMARTS) is 1. The quantitative estimate of drug-likeness (QED) is 0.751. The van der Waals surface area contributed by atoms with Crippen molar-refractivity contribution in [2.24, 2.45) is 0 Å². The van der Waals surface area contributed by atoms with Crippen LogP contribution in [0.4, 0.5) is 0 Å². The number of carbonyl (C=O) groups is 1. The summed E-state index contributed by atoms with van der Waals surface area (Å²) >= 11 is 0. The van der Waals surface area contributed by atoms with Crippen molar-refractivity contribution in [1.82, 2.24) is 9.38 Å². The van der Waals surface area contributed by atoms with Crippen molar-refractivity contribution in [3.05, 3.63) is 54.0 Å². The standard InChI is InChI=1S/C16H14N2O5/c1-22-10-4-2-5-11(8-10)23-9-13-17-15(16(20)21)12-6-3-7-14(19)18(12)13/h2-8,19H,9H2,1H3,(H,20,21). The average molecular weight is 314 g/mol. The molecule has 2 heterocycles. The fraction of sp³-hybridized carbons (Fsp3) is 0.125. The summed E-state index contributed by atoms with van der Waals surface area (Å²) < 4.78 is 12.1. The van der Waals surface area contributed by atoms with Crippen molar-refractivity contribution in [3.63, 3.8) is 0 Å². The zero-order valence-electron chi connectivity index (χ0n) is 12.3. The number of nitrogens with zero attached hydrogens (tertiary/aromatic N) is 2. The Labute approximate surface area is 131 Å². The van der Waals surface area contributed by atoms with Gasteiger partial charge < -0.3 is 19.7 Å². The van der Waals surface area contributed by atoms with Gasteiger partial charge in [0, 0.05) is 6.07 Å². The average Bonchev–Trinajstić information content (AvgIpc) is 2.93. The monoisotopic (exact) mass is 314 g/mol. The van der Waals surface area contributed by atoms with Crippen LogP contribution in [0.3, 0.4) is 0 Å². The number of ether oxygens (including phenoxy) is 2. The highest BCUT2D eigenvalue weighted by Crippen LogP contribution is 2.23. The van der Waals surface area contributed by atoms with Crippen molar-refractivity contribution in [1.29, 1.82) is 0 Å². The summed E-state index contributed by atoms with van der Waals surface area (Å²) in [5.74, 6) is 0.212. The summed E-state index contributed by atoms with van der Waals surface area (Å²) in [6.07, 6.45) is 0. The lowest BCUT2D eigenvalue weighted by Gasteiger charge is -2.08. The van der Waals surface area contributed by atoms with Crippen LogP contribution < -0.4 is 9.47 Å². The molecule has 1 aromatic carbocycles. The fourth-order valence-corrected chi connectivity index (χ4v) is 2.28. The number of aromatic carboxylic acids is 1. The minimum Gasteiger partial charge on any atom is -0.497 e. The predicted molar refractivity (Wildman–Crippen MR) is 81.1 cm³/mol. The molecular formula is C16H14N2O5. The van der Waals surface area contributed by atoms with E-state index in [2.05, 4.69) is 4.98 Å². The third-order valence-electron chi connectivity index (χ3n) is 3.32. The van der Waals surface area contributed by atoms with Gasteiger partial charge in [0.25, 0.3) is 0 Å². The number of pyridine rings is 1. The summed E-state index contributed by atoms with van der Waals surface area (Å²) in [7, 11) is 1.55. The molecule has 7 heteroatoms. The van der Waals surface area contributed by atoms with Crippen molar-refractivity contribution >= 4 is 11.5 Å². The second-order valence-electron chi connectivity index (χ2n) is 4.75. The molecule has 0 bridgehead atoms. The molecule has 0 aliphatic rings. The van der Waals surface area contributed by atoms with E-state index in [0.29, 0.717) is 22.8 Å². The maximum absolute atomic E-state index is 11.3. The molecule has 0 radical (unpaired) electrons. The van der Waals surface area contributed by atoms with E-state index < -0.39 is 5.97 Å². The van der Waals surface area contributed by atoms with Crippen LogP contribution in [0.1, 0.15) is 16.3 Å². The summed E-state index contributed by atoms with van der Waals surface area (Å²) in [4.78, 5) is 15.3. The highest BCUT2D eigenvalue weighted by molar-refractivity contribution is 5.93. The lowest BCUT2D eigenvalue weighted by molar-refractivity contribution is 0.0693. The minimum absolute atomic E-state index is 0.000806. The molecule has 3 aromatic rings. The van der Waals surface area contributed by atoms with Gasteiger partial charge in [0.15, 0.2) is 17.4 Å². The van der Waals surface area contributed by atoms with E-state index in [0.717, 1.165) is 0 Å². The number of aromatic nitrogens is 2. The second kappa shape index (κ2) is 5.88. The lowest BCUT2D eigenvalue weighted by atomic mass is 10.3. The van der Waals surface area contributed by atoms with Gasteiger partial charge >= 0.3 is 5.97 Å². The van der Waals surface area contributed by atoms with E-state index in [4.69, 9.17) is 9.47 Å². The fourth-order valence-electron chi connectivity index (χ4n) is 2.28. The molecule has 0 saturated heterocycles. The summed E-state index contributed by atoms with van der Waals surface area (Å²) in [6, 6.07) is 11.6. The maximum Gasteiger partial charge on any atom is 0.356 e. The van der Waals surface area contributed by atoms with E-state index >= 15 is 0 Å². The second-order valence-corrected chi connectivity index (χ2v) is 4.75. The Hall–Kier alpha value is -3.22. The molecule has 0 atom stereocenters. The lowest BCUT2D eigenvalue weighted by Crippen LogP contribution is -2.02. The Morgan fingerprint density at radius 3 is 2.70 bits per heavy atom. The first kappa shape index (κ1) is 14.7. The first-order valence-corrected chi connectivity index (χ1v) is 6.79. The van der Waals surface area contributed by atoms with Crippen molar-refractivity contribution < 1.29 is 24.5 Å². The van der Waals surface area contributed by atoms with Crippen LogP contribution >= 0.6 is 0 Å². The van der Waals surface area contributed by atoms with E-state index in [1.54, 1.807) is 43.5 Å². The van der Waals surface area contributed by atoms with Gasteiger partial charge in [-0.3, -0.25) is 4.40 Å². The van der Waals surface area contributed by atoms with Gasteiger partial charge in [0.2, 0.25) is 0 Å². The molecular weight excluding hydrogens is 300 g/mol. The molecule has 0 fully saturated rings. The third kappa shape index (κ3) is 2.76. The summed E-state index contributed by atoms with van der Waals surface area (Å²) in [5.41, 5.74) is 0.173. The minimum atomic E-state index is -1.17. The van der Waals surface area contributed by atoms with E-state index in [1.165, 1.54) is 10.5 Å². The number of benzene rings is 1. The predicted octanol–water partition coefficient (Wildman–Crippen LogP) is 2.33. The number of rotatable bonds is 5.